The Morgan fingerprint density at radius 1 is 1.11 bits per heavy atom. The SMILES string of the molecule is CC(C)Cc1ccc(-c2ncc3ncn([C@@H]4O[C@H](CO)[C@@H](O)[C@H]4O)c3n2)cc1. The predicted molar refractivity (Wildman–Crippen MR) is 102 cm³/mol. The first kappa shape index (κ1) is 18.9. The van der Waals surface area contributed by atoms with Crippen LogP contribution in [0.4, 0.5) is 0 Å². The van der Waals surface area contributed by atoms with Crippen molar-refractivity contribution in [3.05, 3.63) is 42.4 Å². The van der Waals surface area contributed by atoms with Gasteiger partial charge < -0.3 is 20.1 Å². The molecule has 1 aliphatic heterocycles. The summed E-state index contributed by atoms with van der Waals surface area (Å²) in [7, 11) is 0. The molecule has 3 N–H and O–H groups in total. The summed E-state index contributed by atoms with van der Waals surface area (Å²) < 4.78 is 7.17. The van der Waals surface area contributed by atoms with Crippen LogP contribution in [-0.4, -0.2) is 59.8 Å². The van der Waals surface area contributed by atoms with Gasteiger partial charge in [0.05, 0.1) is 19.1 Å². The molecular weight excluding hydrogens is 360 g/mol. The molecule has 0 bridgehead atoms. The first-order valence-corrected chi connectivity index (χ1v) is 9.39. The summed E-state index contributed by atoms with van der Waals surface area (Å²) in [6.07, 6.45) is 0.0244. The average Bonchev–Trinajstić information content (AvgIpc) is 3.22. The molecule has 148 valence electrons. The molecule has 1 saturated heterocycles. The zero-order valence-corrected chi connectivity index (χ0v) is 15.8. The first-order chi connectivity index (χ1) is 13.5. The van der Waals surface area contributed by atoms with Crippen molar-refractivity contribution in [1.82, 2.24) is 19.5 Å². The van der Waals surface area contributed by atoms with Crippen molar-refractivity contribution in [2.45, 2.75) is 44.8 Å². The number of nitrogens with zero attached hydrogens (tertiary/aromatic N) is 4. The fourth-order valence-corrected chi connectivity index (χ4v) is 3.52. The van der Waals surface area contributed by atoms with Crippen LogP contribution in [0.5, 0.6) is 0 Å². The molecule has 0 radical (unpaired) electrons. The molecule has 0 unspecified atom stereocenters. The van der Waals surface area contributed by atoms with E-state index in [0.717, 1.165) is 12.0 Å². The molecule has 1 fully saturated rings. The van der Waals surface area contributed by atoms with E-state index in [0.29, 0.717) is 22.9 Å². The topological polar surface area (TPSA) is 114 Å². The van der Waals surface area contributed by atoms with Crippen molar-refractivity contribution in [3.63, 3.8) is 0 Å². The Morgan fingerprint density at radius 3 is 2.50 bits per heavy atom. The summed E-state index contributed by atoms with van der Waals surface area (Å²) in [5.74, 6) is 1.13. The van der Waals surface area contributed by atoms with Crippen LogP contribution in [0.3, 0.4) is 0 Å². The Bertz CT molecular complexity index is 956. The number of aliphatic hydroxyl groups excluding tert-OH is 3. The minimum Gasteiger partial charge on any atom is -0.394 e. The molecule has 1 aliphatic rings. The number of aromatic nitrogens is 4. The van der Waals surface area contributed by atoms with E-state index in [1.165, 1.54) is 11.9 Å². The van der Waals surface area contributed by atoms with Gasteiger partial charge >= 0.3 is 0 Å². The Hall–Kier alpha value is -2.39. The summed E-state index contributed by atoms with van der Waals surface area (Å²) in [5.41, 5.74) is 3.18. The molecule has 8 nitrogen and oxygen atoms in total. The van der Waals surface area contributed by atoms with E-state index in [1.807, 2.05) is 12.1 Å². The lowest BCUT2D eigenvalue weighted by atomic mass is 10.0. The molecule has 4 atom stereocenters. The lowest BCUT2D eigenvalue weighted by Crippen LogP contribution is -2.33. The quantitative estimate of drug-likeness (QED) is 0.608. The van der Waals surface area contributed by atoms with E-state index >= 15 is 0 Å². The highest BCUT2D eigenvalue weighted by molar-refractivity contribution is 5.72. The molecule has 0 spiro atoms. The average molecular weight is 384 g/mol. The van der Waals surface area contributed by atoms with E-state index in [4.69, 9.17) is 4.74 Å². The number of hydrogen-bond acceptors (Lipinski definition) is 7. The van der Waals surface area contributed by atoms with Crippen LogP contribution >= 0.6 is 0 Å². The summed E-state index contributed by atoms with van der Waals surface area (Å²) in [5, 5.41) is 29.6. The van der Waals surface area contributed by atoms with Crippen LogP contribution in [0.2, 0.25) is 0 Å². The van der Waals surface area contributed by atoms with Crippen LogP contribution in [0, 0.1) is 5.92 Å². The van der Waals surface area contributed by atoms with E-state index in [1.54, 1.807) is 10.8 Å². The summed E-state index contributed by atoms with van der Waals surface area (Å²) in [6, 6.07) is 8.14. The van der Waals surface area contributed by atoms with Crippen LogP contribution in [-0.2, 0) is 11.2 Å². The second-order valence-electron chi connectivity index (χ2n) is 7.58. The molecule has 3 heterocycles. The summed E-state index contributed by atoms with van der Waals surface area (Å²) >= 11 is 0. The van der Waals surface area contributed by atoms with Crippen LogP contribution in [0.25, 0.3) is 22.6 Å². The van der Waals surface area contributed by atoms with Gasteiger partial charge in [0.2, 0.25) is 0 Å². The third-order valence-electron chi connectivity index (χ3n) is 4.96. The molecular formula is C20H24N4O4. The minimum absolute atomic E-state index is 0.385. The van der Waals surface area contributed by atoms with Gasteiger partial charge in [0, 0.05) is 5.56 Å². The monoisotopic (exact) mass is 384 g/mol. The van der Waals surface area contributed by atoms with Gasteiger partial charge in [-0.1, -0.05) is 38.1 Å². The highest BCUT2D eigenvalue weighted by Gasteiger charge is 2.43. The molecule has 0 aliphatic carbocycles. The highest BCUT2D eigenvalue weighted by Crippen LogP contribution is 2.31. The second kappa shape index (κ2) is 7.56. The zero-order chi connectivity index (χ0) is 19.8. The van der Waals surface area contributed by atoms with Crippen LogP contribution < -0.4 is 0 Å². The van der Waals surface area contributed by atoms with Crippen LogP contribution in [0.15, 0.2) is 36.8 Å². The van der Waals surface area contributed by atoms with Crippen molar-refractivity contribution in [3.8, 4) is 11.4 Å². The third kappa shape index (κ3) is 3.40. The maximum atomic E-state index is 10.3. The van der Waals surface area contributed by atoms with Crippen molar-refractivity contribution < 1.29 is 20.1 Å². The molecule has 4 rings (SSSR count). The number of benzene rings is 1. The van der Waals surface area contributed by atoms with Crippen LogP contribution in [0.1, 0.15) is 25.6 Å². The van der Waals surface area contributed by atoms with Gasteiger partial charge in [-0.05, 0) is 17.9 Å². The first-order valence-electron chi connectivity index (χ1n) is 9.39. The lowest BCUT2D eigenvalue weighted by Gasteiger charge is -2.16. The van der Waals surface area contributed by atoms with Gasteiger partial charge in [0.25, 0.3) is 0 Å². The third-order valence-corrected chi connectivity index (χ3v) is 4.96. The molecule has 8 heteroatoms. The molecule has 1 aromatic carbocycles. The van der Waals surface area contributed by atoms with Gasteiger partial charge in [0.15, 0.2) is 17.7 Å². The van der Waals surface area contributed by atoms with Gasteiger partial charge in [-0.2, -0.15) is 0 Å². The Morgan fingerprint density at radius 2 is 1.86 bits per heavy atom. The second-order valence-corrected chi connectivity index (χ2v) is 7.58. The number of fused-ring (bicyclic) bond motifs is 1. The van der Waals surface area contributed by atoms with Crippen molar-refractivity contribution >= 4 is 11.2 Å². The summed E-state index contributed by atoms with van der Waals surface area (Å²) in [4.78, 5) is 13.3. The Balaban J connectivity index is 1.67. The number of rotatable bonds is 5. The van der Waals surface area contributed by atoms with E-state index in [2.05, 4.69) is 40.9 Å². The highest BCUT2D eigenvalue weighted by atomic mass is 16.6. The van der Waals surface area contributed by atoms with Crippen molar-refractivity contribution in [1.29, 1.82) is 0 Å². The zero-order valence-electron chi connectivity index (χ0n) is 15.8. The molecule has 3 aromatic rings. The maximum absolute atomic E-state index is 10.3. The van der Waals surface area contributed by atoms with Gasteiger partial charge in [-0.15, -0.1) is 0 Å². The summed E-state index contributed by atoms with van der Waals surface area (Å²) in [6.45, 7) is 3.98. The standard InChI is InChI=1S/C20H24N4O4/c1-11(2)7-12-3-5-13(6-4-12)18-21-8-14-19(23-18)24(10-22-14)20-17(27)16(26)15(9-25)28-20/h3-6,8,10-11,15-17,20,25-27H,7,9H2,1-2H3/t15-,16-,17-,20-/m1/s1. The van der Waals surface area contributed by atoms with E-state index in [9.17, 15) is 15.3 Å². The van der Waals surface area contributed by atoms with Crippen molar-refractivity contribution in [2.24, 2.45) is 5.92 Å². The minimum atomic E-state index is -1.19. The van der Waals surface area contributed by atoms with Gasteiger partial charge in [-0.3, -0.25) is 4.57 Å². The van der Waals surface area contributed by atoms with Gasteiger partial charge in [-0.25, -0.2) is 15.0 Å². The number of hydrogen-bond donors (Lipinski definition) is 3. The Labute approximate surface area is 162 Å². The lowest BCUT2D eigenvalue weighted by molar-refractivity contribution is -0.0511. The molecule has 2 aromatic heterocycles. The molecule has 0 saturated carbocycles. The Kier molecular flexibility index (Phi) is 5.11. The molecule has 0 amide bonds. The van der Waals surface area contributed by atoms with E-state index in [-0.39, 0.29) is 6.61 Å². The van der Waals surface area contributed by atoms with Gasteiger partial charge in [0.1, 0.15) is 23.8 Å². The number of imidazole rings is 1. The number of ether oxygens (including phenoxy) is 1. The largest absolute Gasteiger partial charge is 0.394 e. The smallest absolute Gasteiger partial charge is 0.166 e. The molecule has 28 heavy (non-hydrogen) atoms. The predicted octanol–water partition coefficient (Wildman–Crippen LogP) is 1.30. The maximum Gasteiger partial charge on any atom is 0.166 e. The van der Waals surface area contributed by atoms with E-state index < -0.39 is 24.5 Å². The van der Waals surface area contributed by atoms with Crippen molar-refractivity contribution in [2.75, 3.05) is 6.61 Å². The fourth-order valence-electron chi connectivity index (χ4n) is 3.52. The normalized spacial score (nSPS) is 25.1. The number of aliphatic hydroxyl groups is 3. The fraction of sp³-hybridized carbons (Fsp3) is 0.450.